The van der Waals surface area contributed by atoms with Crippen LogP contribution in [0, 0.1) is 0 Å². The van der Waals surface area contributed by atoms with Crippen LogP contribution in [0.15, 0.2) is 78.6 Å². The monoisotopic (exact) mass is 429 g/mol. The maximum Gasteiger partial charge on any atom is 0.278 e. The van der Waals surface area contributed by atoms with Crippen LogP contribution in [0.3, 0.4) is 0 Å². The number of para-hydroxylation sites is 3. The summed E-state index contributed by atoms with van der Waals surface area (Å²) in [5.41, 5.74) is 2.16. The smallest absolute Gasteiger partial charge is 0.278 e. The van der Waals surface area contributed by atoms with E-state index in [-0.39, 0.29) is 17.8 Å². The predicted molar refractivity (Wildman–Crippen MR) is 121 cm³/mol. The number of nitrogens with one attached hydrogen (secondary N) is 1. The number of hydrogen-bond donors (Lipinski definition) is 1. The molecule has 1 aliphatic rings. The van der Waals surface area contributed by atoms with Gasteiger partial charge >= 0.3 is 0 Å². The van der Waals surface area contributed by atoms with E-state index in [9.17, 15) is 9.59 Å². The second-order valence-corrected chi connectivity index (χ2v) is 7.02. The SMILES string of the molecule is CCOc1ccccc1NC1=C(c2ccccc2OC)C(=O)N(Cc2ccccn2)C1=O. The van der Waals surface area contributed by atoms with E-state index in [0.29, 0.717) is 35.1 Å². The summed E-state index contributed by atoms with van der Waals surface area (Å²) in [7, 11) is 1.53. The quantitative estimate of drug-likeness (QED) is 0.548. The summed E-state index contributed by atoms with van der Waals surface area (Å²) >= 11 is 0. The lowest BCUT2D eigenvalue weighted by Gasteiger charge is -2.15. The molecule has 0 saturated carbocycles. The molecule has 0 saturated heterocycles. The van der Waals surface area contributed by atoms with Gasteiger partial charge in [-0.2, -0.15) is 0 Å². The fourth-order valence-corrected chi connectivity index (χ4v) is 3.58. The number of benzene rings is 2. The molecule has 1 N–H and O–H groups in total. The number of amides is 2. The fraction of sp³-hybridized carbons (Fsp3) is 0.160. The largest absolute Gasteiger partial charge is 0.496 e. The first kappa shape index (κ1) is 21.1. The number of hydrogen-bond acceptors (Lipinski definition) is 6. The van der Waals surface area contributed by atoms with E-state index in [2.05, 4.69) is 10.3 Å². The average molecular weight is 429 g/mol. The van der Waals surface area contributed by atoms with Crippen molar-refractivity contribution in [2.75, 3.05) is 19.0 Å². The molecule has 2 amide bonds. The third-order valence-corrected chi connectivity index (χ3v) is 5.04. The first-order valence-electron chi connectivity index (χ1n) is 10.3. The molecule has 0 spiro atoms. The number of ether oxygens (including phenoxy) is 2. The Bertz CT molecular complexity index is 1170. The maximum absolute atomic E-state index is 13.5. The van der Waals surface area contributed by atoms with Gasteiger partial charge in [0.2, 0.25) is 0 Å². The molecule has 2 heterocycles. The molecule has 32 heavy (non-hydrogen) atoms. The van der Waals surface area contributed by atoms with Gasteiger partial charge in [-0.1, -0.05) is 36.4 Å². The molecular weight excluding hydrogens is 406 g/mol. The normalized spacial score (nSPS) is 13.5. The van der Waals surface area contributed by atoms with Crippen molar-refractivity contribution in [3.8, 4) is 11.5 Å². The molecule has 7 nitrogen and oxygen atoms in total. The summed E-state index contributed by atoms with van der Waals surface area (Å²) in [5.74, 6) is 0.237. The van der Waals surface area contributed by atoms with Crippen LogP contribution in [0.1, 0.15) is 18.2 Å². The highest BCUT2D eigenvalue weighted by molar-refractivity contribution is 6.37. The topological polar surface area (TPSA) is 80.8 Å². The molecule has 0 fully saturated rings. The number of nitrogens with zero attached hydrogens (tertiary/aromatic N) is 2. The summed E-state index contributed by atoms with van der Waals surface area (Å²) in [6.07, 6.45) is 1.63. The number of carbonyl (C=O) groups excluding carboxylic acids is 2. The Balaban J connectivity index is 1.80. The van der Waals surface area contributed by atoms with Crippen molar-refractivity contribution >= 4 is 23.1 Å². The number of pyridine rings is 1. The van der Waals surface area contributed by atoms with Crippen molar-refractivity contribution in [1.82, 2.24) is 9.88 Å². The molecule has 0 radical (unpaired) electrons. The lowest BCUT2D eigenvalue weighted by Crippen LogP contribution is -2.32. The van der Waals surface area contributed by atoms with E-state index in [0.717, 1.165) is 0 Å². The van der Waals surface area contributed by atoms with Crippen LogP contribution < -0.4 is 14.8 Å². The standard InChI is InChI=1S/C25H23N3O4/c1-3-32-21-14-7-5-12-19(21)27-23-22(18-11-4-6-13-20(18)31-2)24(29)28(25(23)30)16-17-10-8-9-15-26-17/h4-15,27H,3,16H2,1-2H3. The molecule has 0 bridgehead atoms. The lowest BCUT2D eigenvalue weighted by molar-refractivity contribution is -0.137. The van der Waals surface area contributed by atoms with Gasteiger partial charge < -0.3 is 14.8 Å². The second-order valence-electron chi connectivity index (χ2n) is 7.02. The highest BCUT2D eigenvalue weighted by Crippen LogP contribution is 2.37. The number of rotatable bonds is 8. The van der Waals surface area contributed by atoms with E-state index in [1.54, 1.807) is 42.6 Å². The van der Waals surface area contributed by atoms with E-state index < -0.39 is 11.8 Å². The van der Waals surface area contributed by atoms with Crippen molar-refractivity contribution in [2.24, 2.45) is 0 Å². The van der Waals surface area contributed by atoms with Gasteiger partial charge in [0.25, 0.3) is 11.8 Å². The van der Waals surface area contributed by atoms with Gasteiger partial charge in [0, 0.05) is 11.8 Å². The second kappa shape index (κ2) is 9.34. The van der Waals surface area contributed by atoms with Crippen LogP contribution >= 0.6 is 0 Å². The van der Waals surface area contributed by atoms with E-state index in [1.807, 2.05) is 37.3 Å². The van der Waals surface area contributed by atoms with Crippen LogP contribution in [0.25, 0.3) is 5.57 Å². The number of imide groups is 1. The van der Waals surface area contributed by atoms with Gasteiger partial charge in [-0.05, 0) is 37.3 Å². The third-order valence-electron chi connectivity index (χ3n) is 5.04. The fourth-order valence-electron chi connectivity index (χ4n) is 3.58. The molecule has 7 heteroatoms. The zero-order valence-corrected chi connectivity index (χ0v) is 17.9. The van der Waals surface area contributed by atoms with Crippen molar-refractivity contribution in [2.45, 2.75) is 13.5 Å². The molecule has 3 aromatic rings. The van der Waals surface area contributed by atoms with Crippen LogP contribution in [-0.4, -0.2) is 35.4 Å². The Morgan fingerprint density at radius 2 is 1.62 bits per heavy atom. The van der Waals surface area contributed by atoms with Gasteiger partial charge in [0.1, 0.15) is 17.2 Å². The first-order valence-corrected chi connectivity index (χ1v) is 10.3. The molecule has 0 unspecified atom stereocenters. The number of anilines is 1. The number of carbonyl (C=O) groups is 2. The first-order chi connectivity index (χ1) is 15.6. The van der Waals surface area contributed by atoms with Crippen LogP contribution in [0.5, 0.6) is 11.5 Å². The van der Waals surface area contributed by atoms with Crippen LogP contribution in [0.2, 0.25) is 0 Å². The van der Waals surface area contributed by atoms with Crippen LogP contribution in [-0.2, 0) is 16.1 Å². The molecule has 1 aromatic heterocycles. The number of aromatic nitrogens is 1. The molecule has 0 aliphatic carbocycles. The van der Waals surface area contributed by atoms with Gasteiger partial charge in [-0.15, -0.1) is 0 Å². The van der Waals surface area contributed by atoms with Crippen molar-refractivity contribution in [3.63, 3.8) is 0 Å². The molecule has 4 rings (SSSR count). The van der Waals surface area contributed by atoms with E-state index >= 15 is 0 Å². The van der Waals surface area contributed by atoms with Crippen molar-refractivity contribution < 1.29 is 19.1 Å². The zero-order chi connectivity index (χ0) is 22.5. The molecular formula is C25H23N3O4. The summed E-state index contributed by atoms with van der Waals surface area (Å²) in [6.45, 7) is 2.42. The Morgan fingerprint density at radius 1 is 0.906 bits per heavy atom. The van der Waals surface area contributed by atoms with Crippen LogP contribution in [0.4, 0.5) is 5.69 Å². The maximum atomic E-state index is 13.5. The lowest BCUT2D eigenvalue weighted by atomic mass is 10.0. The predicted octanol–water partition coefficient (Wildman–Crippen LogP) is 3.88. The molecule has 0 atom stereocenters. The minimum absolute atomic E-state index is 0.0649. The minimum Gasteiger partial charge on any atom is -0.496 e. The Morgan fingerprint density at radius 3 is 2.34 bits per heavy atom. The van der Waals surface area contributed by atoms with Crippen molar-refractivity contribution in [3.05, 3.63) is 89.9 Å². The summed E-state index contributed by atoms with van der Waals surface area (Å²) in [4.78, 5) is 32.4. The van der Waals surface area contributed by atoms with Gasteiger partial charge in [-0.25, -0.2) is 0 Å². The highest BCUT2D eigenvalue weighted by Gasteiger charge is 2.40. The minimum atomic E-state index is -0.437. The summed E-state index contributed by atoms with van der Waals surface area (Å²) in [6, 6.07) is 19.8. The highest BCUT2D eigenvalue weighted by atomic mass is 16.5. The Labute approximate surface area is 186 Å². The van der Waals surface area contributed by atoms with E-state index in [4.69, 9.17) is 9.47 Å². The Hall–Kier alpha value is -4.13. The van der Waals surface area contributed by atoms with Gasteiger partial charge in [0.15, 0.2) is 0 Å². The zero-order valence-electron chi connectivity index (χ0n) is 17.9. The molecule has 162 valence electrons. The summed E-state index contributed by atoms with van der Waals surface area (Å²) in [5, 5.41) is 3.16. The number of methoxy groups -OCH3 is 1. The van der Waals surface area contributed by atoms with Crippen molar-refractivity contribution in [1.29, 1.82) is 0 Å². The Kier molecular flexibility index (Phi) is 6.17. The van der Waals surface area contributed by atoms with E-state index in [1.165, 1.54) is 12.0 Å². The molecule has 2 aromatic carbocycles. The van der Waals surface area contributed by atoms with Gasteiger partial charge in [-0.3, -0.25) is 19.5 Å². The summed E-state index contributed by atoms with van der Waals surface area (Å²) < 4.78 is 11.2. The molecule has 1 aliphatic heterocycles. The van der Waals surface area contributed by atoms with Gasteiger partial charge in [0.05, 0.1) is 37.2 Å². The average Bonchev–Trinajstić information content (AvgIpc) is 3.05. The third kappa shape index (κ3) is 4.05.